The Hall–Kier alpha value is -1.11. The third kappa shape index (κ3) is 5.65. The summed E-state index contributed by atoms with van der Waals surface area (Å²) in [6.07, 6.45) is 2.84. The zero-order chi connectivity index (χ0) is 15.3. The lowest BCUT2D eigenvalue weighted by Gasteiger charge is -2.31. The van der Waals surface area contributed by atoms with Gasteiger partial charge in [-0.3, -0.25) is 0 Å². The molecule has 0 aromatic heterocycles. The average Bonchev–Trinajstić information content (AvgIpc) is 2.45. The number of primary sulfonamides is 1. The summed E-state index contributed by atoms with van der Waals surface area (Å²) in [6.45, 7) is 2.92. The Morgan fingerprint density at radius 1 is 1.24 bits per heavy atom. The Balaban J connectivity index is 1.73. The van der Waals surface area contributed by atoms with Crippen molar-refractivity contribution in [3.05, 3.63) is 29.8 Å². The molecule has 0 spiro atoms. The first-order valence-electron chi connectivity index (χ1n) is 7.32. The van der Waals surface area contributed by atoms with Crippen LogP contribution in [0.25, 0.3) is 0 Å². The van der Waals surface area contributed by atoms with Gasteiger partial charge in [-0.1, -0.05) is 12.1 Å². The lowest BCUT2D eigenvalue weighted by Crippen LogP contribution is -2.38. The Morgan fingerprint density at radius 3 is 2.38 bits per heavy atom. The van der Waals surface area contributed by atoms with E-state index in [9.17, 15) is 8.42 Å². The predicted molar refractivity (Wildman–Crippen MR) is 83.8 cm³/mol. The highest BCUT2D eigenvalue weighted by molar-refractivity contribution is 7.89. The molecule has 1 heterocycles. The van der Waals surface area contributed by atoms with Gasteiger partial charge in [-0.25, -0.2) is 13.6 Å². The number of methoxy groups -OCH3 is 1. The van der Waals surface area contributed by atoms with E-state index in [1.54, 1.807) is 7.11 Å². The van der Waals surface area contributed by atoms with Crippen molar-refractivity contribution in [1.82, 2.24) is 4.90 Å². The molecule has 1 aromatic carbocycles. The number of hydrogen-bond acceptors (Lipinski definition) is 4. The van der Waals surface area contributed by atoms with Crippen molar-refractivity contribution < 1.29 is 13.2 Å². The normalized spacial score (nSPS) is 17.8. The van der Waals surface area contributed by atoms with Crippen LogP contribution in [-0.2, 0) is 16.4 Å². The number of nitrogens with two attached hydrogens (primary N) is 1. The van der Waals surface area contributed by atoms with E-state index < -0.39 is 10.0 Å². The second-order valence-corrected chi connectivity index (χ2v) is 7.37. The zero-order valence-corrected chi connectivity index (χ0v) is 13.3. The number of likely N-dealkylation sites (tertiary alicyclic amines) is 1. The molecular formula is C15H24N2O3S. The summed E-state index contributed by atoms with van der Waals surface area (Å²) in [5.74, 6) is 1.22. The van der Waals surface area contributed by atoms with Gasteiger partial charge >= 0.3 is 0 Å². The minimum atomic E-state index is -3.33. The molecule has 0 bridgehead atoms. The fraction of sp³-hybridized carbons (Fsp3) is 0.600. The zero-order valence-electron chi connectivity index (χ0n) is 12.5. The first kappa shape index (κ1) is 16.3. The Labute approximate surface area is 127 Å². The quantitative estimate of drug-likeness (QED) is 0.858. The van der Waals surface area contributed by atoms with E-state index in [2.05, 4.69) is 17.0 Å². The number of benzene rings is 1. The van der Waals surface area contributed by atoms with Crippen molar-refractivity contribution in [2.24, 2.45) is 11.1 Å². The molecule has 1 saturated heterocycles. The molecule has 2 rings (SSSR count). The lowest BCUT2D eigenvalue weighted by atomic mass is 9.98. The van der Waals surface area contributed by atoms with Crippen LogP contribution in [0, 0.1) is 5.92 Å². The Kier molecular flexibility index (Phi) is 5.61. The molecular weight excluding hydrogens is 288 g/mol. The fourth-order valence-electron chi connectivity index (χ4n) is 2.78. The summed E-state index contributed by atoms with van der Waals surface area (Å²) in [7, 11) is -1.67. The van der Waals surface area contributed by atoms with E-state index in [1.807, 2.05) is 12.1 Å². The van der Waals surface area contributed by atoms with E-state index in [-0.39, 0.29) is 11.7 Å². The Bertz CT molecular complexity index is 535. The topological polar surface area (TPSA) is 72.6 Å². The number of ether oxygens (including phenoxy) is 1. The summed E-state index contributed by atoms with van der Waals surface area (Å²) in [5, 5.41) is 5.11. The summed E-state index contributed by atoms with van der Waals surface area (Å²) in [6, 6.07) is 8.14. The molecule has 21 heavy (non-hydrogen) atoms. The molecule has 0 unspecified atom stereocenters. The van der Waals surface area contributed by atoms with Gasteiger partial charge in [-0.15, -0.1) is 0 Å². The van der Waals surface area contributed by atoms with E-state index in [0.29, 0.717) is 0 Å². The monoisotopic (exact) mass is 312 g/mol. The first-order valence-corrected chi connectivity index (χ1v) is 9.03. The van der Waals surface area contributed by atoms with Gasteiger partial charge in [-0.2, -0.15) is 0 Å². The molecule has 0 radical (unpaired) electrons. The van der Waals surface area contributed by atoms with Crippen molar-refractivity contribution in [3.63, 3.8) is 0 Å². The smallest absolute Gasteiger partial charge is 0.209 e. The molecule has 5 nitrogen and oxygen atoms in total. The van der Waals surface area contributed by atoms with Gasteiger partial charge in [0.25, 0.3) is 0 Å². The largest absolute Gasteiger partial charge is 0.497 e. The van der Waals surface area contributed by atoms with E-state index in [0.717, 1.165) is 44.6 Å². The SMILES string of the molecule is COc1ccc(CCN2CCC(CS(N)(=O)=O)CC2)cc1. The minimum Gasteiger partial charge on any atom is -0.497 e. The lowest BCUT2D eigenvalue weighted by molar-refractivity contribution is 0.195. The average molecular weight is 312 g/mol. The third-order valence-electron chi connectivity index (χ3n) is 4.05. The second kappa shape index (κ2) is 7.24. The van der Waals surface area contributed by atoms with Gasteiger partial charge in [0, 0.05) is 6.54 Å². The first-order chi connectivity index (χ1) is 9.96. The van der Waals surface area contributed by atoms with Gasteiger partial charge in [0.2, 0.25) is 10.0 Å². The Morgan fingerprint density at radius 2 is 1.86 bits per heavy atom. The molecule has 1 aliphatic heterocycles. The van der Waals surface area contributed by atoms with E-state index in [4.69, 9.17) is 9.88 Å². The van der Waals surface area contributed by atoms with Crippen LogP contribution in [0.15, 0.2) is 24.3 Å². The number of piperidine rings is 1. The molecule has 0 atom stereocenters. The van der Waals surface area contributed by atoms with Crippen LogP contribution in [0.3, 0.4) is 0 Å². The van der Waals surface area contributed by atoms with Crippen LogP contribution in [0.1, 0.15) is 18.4 Å². The number of sulfonamides is 1. The van der Waals surface area contributed by atoms with Crippen LogP contribution < -0.4 is 9.88 Å². The van der Waals surface area contributed by atoms with Crippen molar-refractivity contribution >= 4 is 10.0 Å². The van der Waals surface area contributed by atoms with Crippen LogP contribution in [0.2, 0.25) is 0 Å². The predicted octanol–water partition coefficient (Wildman–Crippen LogP) is 1.24. The summed E-state index contributed by atoms with van der Waals surface area (Å²) in [5.41, 5.74) is 1.29. The highest BCUT2D eigenvalue weighted by Crippen LogP contribution is 2.19. The van der Waals surface area contributed by atoms with Gasteiger partial charge in [-0.05, 0) is 56.0 Å². The standard InChI is InChI=1S/C15H24N2O3S/c1-20-15-4-2-13(3-5-15)6-9-17-10-7-14(8-11-17)12-21(16,18)19/h2-5,14H,6-12H2,1H3,(H2,16,18,19). The highest BCUT2D eigenvalue weighted by atomic mass is 32.2. The second-order valence-electron chi connectivity index (χ2n) is 5.71. The molecule has 0 saturated carbocycles. The fourth-order valence-corrected chi connectivity index (χ4v) is 3.78. The van der Waals surface area contributed by atoms with Crippen molar-refractivity contribution in [1.29, 1.82) is 0 Å². The maximum Gasteiger partial charge on any atom is 0.209 e. The van der Waals surface area contributed by atoms with Crippen LogP contribution in [-0.4, -0.2) is 45.8 Å². The molecule has 0 aliphatic carbocycles. The van der Waals surface area contributed by atoms with E-state index in [1.165, 1.54) is 5.56 Å². The molecule has 6 heteroatoms. The number of hydrogen-bond donors (Lipinski definition) is 1. The minimum absolute atomic E-state index is 0.124. The van der Waals surface area contributed by atoms with Crippen LogP contribution in [0.5, 0.6) is 5.75 Å². The van der Waals surface area contributed by atoms with Gasteiger partial charge in [0.15, 0.2) is 0 Å². The van der Waals surface area contributed by atoms with E-state index >= 15 is 0 Å². The van der Waals surface area contributed by atoms with Crippen molar-refractivity contribution in [2.75, 3.05) is 32.5 Å². The maximum absolute atomic E-state index is 11.1. The number of rotatable bonds is 6. The molecule has 1 aliphatic rings. The highest BCUT2D eigenvalue weighted by Gasteiger charge is 2.22. The van der Waals surface area contributed by atoms with Crippen LogP contribution in [0.4, 0.5) is 0 Å². The molecule has 1 aromatic rings. The third-order valence-corrected chi connectivity index (χ3v) is 4.99. The summed E-state index contributed by atoms with van der Waals surface area (Å²) in [4.78, 5) is 2.39. The maximum atomic E-state index is 11.1. The summed E-state index contributed by atoms with van der Waals surface area (Å²) < 4.78 is 27.3. The molecule has 118 valence electrons. The van der Waals surface area contributed by atoms with Crippen molar-refractivity contribution in [2.45, 2.75) is 19.3 Å². The van der Waals surface area contributed by atoms with Gasteiger partial charge < -0.3 is 9.64 Å². The van der Waals surface area contributed by atoms with Crippen LogP contribution >= 0.6 is 0 Å². The number of nitrogens with zero attached hydrogens (tertiary/aromatic N) is 1. The van der Waals surface area contributed by atoms with Gasteiger partial charge in [0.05, 0.1) is 12.9 Å². The summed E-state index contributed by atoms with van der Waals surface area (Å²) >= 11 is 0. The molecule has 2 N–H and O–H groups in total. The molecule has 0 amide bonds. The van der Waals surface area contributed by atoms with Gasteiger partial charge in [0.1, 0.15) is 5.75 Å². The van der Waals surface area contributed by atoms with Crippen molar-refractivity contribution in [3.8, 4) is 5.75 Å². The molecule has 1 fully saturated rings.